The molecule has 0 amide bonds. The van der Waals surface area contributed by atoms with Crippen LogP contribution in [0.25, 0.3) is 0 Å². The third-order valence-electron chi connectivity index (χ3n) is 4.50. The Morgan fingerprint density at radius 1 is 1.41 bits per heavy atom. The minimum atomic E-state index is 0.568. The fourth-order valence-corrected chi connectivity index (χ4v) is 4.27. The second-order valence-electron chi connectivity index (χ2n) is 6.51. The molecule has 17 heavy (non-hydrogen) atoms. The minimum absolute atomic E-state index is 0.568. The predicted octanol–water partition coefficient (Wildman–Crippen LogP) is 3.70. The van der Waals surface area contributed by atoms with Crippen LogP contribution >= 0.6 is 11.3 Å². The van der Waals surface area contributed by atoms with Crippen molar-refractivity contribution in [2.24, 2.45) is 17.3 Å². The molecule has 0 spiro atoms. The highest BCUT2D eigenvalue weighted by molar-refractivity contribution is 7.07. The smallest absolute Gasteiger partial charge is 0.00136 e. The summed E-state index contributed by atoms with van der Waals surface area (Å²) in [5.41, 5.74) is 2.13. The lowest BCUT2D eigenvalue weighted by atomic mass is 9.77. The zero-order chi connectivity index (χ0) is 11.9. The molecule has 1 nitrogen and oxygen atoms in total. The fraction of sp³-hybridized carbons (Fsp3) is 0.733. The van der Waals surface area contributed by atoms with Gasteiger partial charge in [0.1, 0.15) is 0 Å². The SMILES string of the molecule is CC(C)NCC1(Cc2ccsc2)CC2CC2C1. The van der Waals surface area contributed by atoms with Gasteiger partial charge in [-0.1, -0.05) is 13.8 Å². The summed E-state index contributed by atoms with van der Waals surface area (Å²) < 4.78 is 0. The number of rotatable bonds is 5. The van der Waals surface area contributed by atoms with E-state index in [0.717, 1.165) is 11.8 Å². The molecule has 0 aliphatic heterocycles. The zero-order valence-electron chi connectivity index (χ0n) is 10.9. The molecular formula is C15H23NS. The van der Waals surface area contributed by atoms with Crippen molar-refractivity contribution in [3.8, 4) is 0 Å². The van der Waals surface area contributed by atoms with Crippen molar-refractivity contribution in [2.45, 2.75) is 45.6 Å². The van der Waals surface area contributed by atoms with Crippen LogP contribution in [0.1, 0.15) is 38.7 Å². The summed E-state index contributed by atoms with van der Waals surface area (Å²) in [6.07, 6.45) is 5.75. The van der Waals surface area contributed by atoms with Gasteiger partial charge in [0.25, 0.3) is 0 Å². The maximum absolute atomic E-state index is 3.69. The fourth-order valence-electron chi connectivity index (χ4n) is 3.60. The van der Waals surface area contributed by atoms with Crippen LogP contribution in [0.3, 0.4) is 0 Å². The first kappa shape index (κ1) is 11.7. The highest BCUT2D eigenvalue weighted by Crippen LogP contribution is 2.60. The third kappa shape index (κ3) is 2.58. The molecule has 2 saturated carbocycles. The Bertz CT molecular complexity index is 358. The third-order valence-corrected chi connectivity index (χ3v) is 5.24. The van der Waals surface area contributed by atoms with E-state index in [-0.39, 0.29) is 0 Å². The van der Waals surface area contributed by atoms with E-state index in [1.54, 1.807) is 5.56 Å². The number of hydrogen-bond acceptors (Lipinski definition) is 2. The van der Waals surface area contributed by atoms with Gasteiger partial charge in [-0.25, -0.2) is 0 Å². The lowest BCUT2D eigenvalue weighted by Crippen LogP contribution is -2.38. The molecule has 0 bridgehead atoms. The quantitative estimate of drug-likeness (QED) is 0.839. The number of fused-ring (bicyclic) bond motifs is 1. The van der Waals surface area contributed by atoms with Gasteiger partial charge in [-0.2, -0.15) is 11.3 Å². The van der Waals surface area contributed by atoms with Crippen molar-refractivity contribution < 1.29 is 0 Å². The maximum atomic E-state index is 3.69. The molecule has 94 valence electrons. The molecule has 2 unspecified atom stereocenters. The van der Waals surface area contributed by atoms with Crippen LogP contribution in [0.2, 0.25) is 0 Å². The molecule has 0 saturated heterocycles. The van der Waals surface area contributed by atoms with Gasteiger partial charge in [0.05, 0.1) is 0 Å². The second kappa shape index (κ2) is 4.40. The summed E-state index contributed by atoms with van der Waals surface area (Å²) >= 11 is 1.84. The highest BCUT2D eigenvalue weighted by atomic mass is 32.1. The molecule has 2 heteroatoms. The van der Waals surface area contributed by atoms with Gasteiger partial charge in [0.2, 0.25) is 0 Å². The summed E-state index contributed by atoms with van der Waals surface area (Å²) in [5, 5.41) is 8.24. The van der Waals surface area contributed by atoms with Gasteiger partial charge >= 0.3 is 0 Å². The van der Waals surface area contributed by atoms with E-state index >= 15 is 0 Å². The van der Waals surface area contributed by atoms with Crippen molar-refractivity contribution in [1.29, 1.82) is 0 Å². The molecule has 3 rings (SSSR count). The van der Waals surface area contributed by atoms with E-state index in [1.807, 2.05) is 11.3 Å². The monoisotopic (exact) mass is 249 g/mol. The van der Waals surface area contributed by atoms with Crippen LogP contribution in [-0.4, -0.2) is 12.6 Å². The van der Waals surface area contributed by atoms with Crippen molar-refractivity contribution >= 4 is 11.3 Å². The van der Waals surface area contributed by atoms with Crippen LogP contribution < -0.4 is 5.32 Å². The zero-order valence-corrected chi connectivity index (χ0v) is 11.7. The Kier molecular flexibility index (Phi) is 3.04. The Hall–Kier alpha value is -0.340. The Morgan fingerprint density at radius 2 is 2.18 bits per heavy atom. The molecule has 2 aliphatic rings. The normalized spacial score (nSPS) is 35.2. The summed E-state index contributed by atoms with van der Waals surface area (Å²) in [4.78, 5) is 0. The summed E-state index contributed by atoms with van der Waals surface area (Å²) in [6.45, 7) is 5.73. The second-order valence-corrected chi connectivity index (χ2v) is 7.29. The lowest BCUT2D eigenvalue weighted by Gasteiger charge is -2.32. The summed E-state index contributed by atoms with van der Waals surface area (Å²) in [6, 6.07) is 2.93. The molecular weight excluding hydrogens is 226 g/mol. The molecule has 2 atom stereocenters. The van der Waals surface area contributed by atoms with Gasteiger partial charge in [0.15, 0.2) is 0 Å². The van der Waals surface area contributed by atoms with E-state index in [0.29, 0.717) is 11.5 Å². The first-order valence-electron chi connectivity index (χ1n) is 6.91. The Morgan fingerprint density at radius 3 is 2.76 bits per heavy atom. The van der Waals surface area contributed by atoms with Crippen LogP contribution in [0.4, 0.5) is 0 Å². The highest BCUT2D eigenvalue weighted by Gasteiger charge is 2.53. The molecule has 1 aromatic heterocycles. The summed E-state index contributed by atoms with van der Waals surface area (Å²) in [7, 11) is 0. The topological polar surface area (TPSA) is 12.0 Å². The molecule has 2 aliphatic carbocycles. The minimum Gasteiger partial charge on any atom is -0.314 e. The molecule has 1 heterocycles. The number of nitrogens with one attached hydrogen (secondary N) is 1. The van der Waals surface area contributed by atoms with Crippen molar-refractivity contribution in [3.63, 3.8) is 0 Å². The number of thiophene rings is 1. The van der Waals surface area contributed by atoms with Crippen LogP contribution in [-0.2, 0) is 6.42 Å². The van der Waals surface area contributed by atoms with Gasteiger partial charge in [0, 0.05) is 12.6 Å². The largest absolute Gasteiger partial charge is 0.314 e. The van der Waals surface area contributed by atoms with E-state index in [2.05, 4.69) is 36.0 Å². The van der Waals surface area contributed by atoms with E-state index in [9.17, 15) is 0 Å². The molecule has 0 radical (unpaired) electrons. The van der Waals surface area contributed by atoms with Crippen LogP contribution in [0.5, 0.6) is 0 Å². The van der Waals surface area contributed by atoms with Gasteiger partial charge < -0.3 is 5.32 Å². The summed E-state index contributed by atoms with van der Waals surface area (Å²) in [5.74, 6) is 2.14. The standard InChI is InChI=1S/C15H23NS/c1-11(2)16-10-15(6-12-3-4-17-9-12)7-13-5-14(13)8-15/h3-4,9,11,13-14,16H,5-8,10H2,1-2H3. The average molecular weight is 249 g/mol. The van der Waals surface area contributed by atoms with Gasteiger partial charge in [-0.15, -0.1) is 0 Å². The molecule has 0 aromatic carbocycles. The first-order valence-corrected chi connectivity index (χ1v) is 7.86. The van der Waals surface area contributed by atoms with E-state index < -0.39 is 0 Å². The van der Waals surface area contributed by atoms with E-state index in [4.69, 9.17) is 0 Å². The van der Waals surface area contributed by atoms with Crippen molar-refractivity contribution in [3.05, 3.63) is 22.4 Å². The maximum Gasteiger partial charge on any atom is 0.00136 e. The Labute approximate surface area is 109 Å². The van der Waals surface area contributed by atoms with Crippen molar-refractivity contribution in [2.75, 3.05) is 6.54 Å². The van der Waals surface area contributed by atoms with Crippen molar-refractivity contribution in [1.82, 2.24) is 5.32 Å². The predicted molar refractivity (Wildman–Crippen MR) is 74.4 cm³/mol. The van der Waals surface area contributed by atoms with Gasteiger partial charge in [-0.05, 0) is 65.3 Å². The first-order chi connectivity index (χ1) is 8.17. The molecule has 1 N–H and O–H groups in total. The van der Waals surface area contributed by atoms with Crippen LogP contribution in [0.15, 0.2) is 16.8 Å². The molecule has 2 fully saturated rings. The van der Waals surface area contributed by atoms with E-state index in [1.165, 1.54) is 32.2 Å². The van der Waals surface area contributed by atoms with Crippen LogP contribution in [0, 0.1) is 17.3 Å². The Balaban J connectivity index is 1.68. The molecule has 1 aromatic rings. The number of hydrogen-bond donors (Lipinski definition) is 1. The van der Waals surface area contributed by atoms with Gasteiger partial charge in [-0.3, -0.25) is 0 Å². The lowest BCUT2D eigenvalue weighted by molar-refractivity contribution is 0.242. The average Bonchev–Trinajstić information content (AvgIpc) is 2.73.